The van der Waals surface area contributed by atoms with Gasteiger partial charge in [0.05, 0.1) is 16.9 Å². The number of nitrogens with one attached hydrogen (secondary N) is 1. The van der Waals surface area contributed by atoms with E-state index in [1.54, 1.807) is 24.7 Å². The zero-order valence-corrected chi connectivity index (χ0v) is 14.4. The van der Waals surface area contributed by atoms with E-state index in [0.29, 0.717) is 12.1 Å². The third kappa shape index (κ3) is 3.95. The number of aromatic nitrogens is 2. The third-order valence-corrected chi connectivity index (χ3v) is 4.85. The maximum Gasteiger partial charge on any atom is 0.251 e. The van der Waals surface area contributed by atoms with Gasteiger partial charge in [0.2, 0.25) is 0 Å². The normalized spacial score (nSPS) is 11.2. The monoisotopic (exact) mass is 355 g/mol. The second-order valence-electron chi connectivity index (χ2n) is 5.58. The fourth-order valence-corrected chi connectivity index (χ4v) is 3.13. The number of amides is 1. The van der Waals surface area contributed by atoms with E-state index in [1.165, 1.54) is 12.1 Å². The summed E-state index contributed by atoms with van der Waals surface area (Å²) >= 11 is 0. The highest BCUT2D eigenvalue weighted by Crippen LogP contribution is 2.15. The number of para-hydroxylation sites is 1. The molecule has 0 aliphatic carbocycles. The topological polar surface area (TPSA) is 81.1 Å². The molecule has 1 amide bonds. The molecular formula is C18H17N3O3S. The fraction of sp³-hybridized carbons (Fsp3) is 0.111. The number of carbonyl (C=O) groups excluding carboxylic acids is 1. The van der Waals surface area contributed by atoms with E-state index in [1.807, 2.05) is 35.0 Å². The molecule has 7 heteroatoms. The lowest BCUT2D eigenvalue weighted by Crippen LogP contribution is -2.23. The van der Waals surface area contributed by atoms with Gasteiger partial charge in [0, 0.05) is 30.8 Å². The standard InChI is InChI=1S/C18H17N3O3S/c1-25(23,24)16-7-4-6-14(11-16)18(22)20-12-15-5-2-3-8-17(15)21-10-9-19-13-21/h2-11,13H,12H2,1H3,(H,20,22). The van der Waals surface area contributed by atoms with Gasteiger partial charge < -0.3 is 9.88 Å². The van der Waals surface area contributed by atoms with Crippen LogP contribution in [0.25, 0.3) is 5.69 Å². The molecule has 3 rings (SSSR count). The first-order valence-corrected chi connectivity index (χ1v) is 9.49. The Morgan fingerprint density at radius 2 is 1.96 bits per heavy atom. The van der Waals surface area contributed by atoms with E-state index in [-0.39, 0.29) is 10.8 Å². The smallest absolute Gasteiger partial charge is 0.251 e. The Bertz CT molecular complexity index is 996. The van der Waals surface area contributed by atoms with Gasteiger partial charge in [0.1, 0.15) is 0 Å². The minimum absolute atomic E-state index is 0.124. The first kappa shape index (κ1) is 16.9. The predicted molar refractivity (Wildman–Crippen MR) is 94.3 cm³/mol. The van der Waals surface area contributed by atoms with E-state index in [0.717, 1.165) is 17.5 Å². The van der Waals surface area contributed by atoms with Gasteiger partial charge in [-0.3, -0.25) is 4.79 Å². The van der Waals surface area contributed by atoms with Crippen LogP contribution >= 0.6 is 0 Å². The van der Waals surface area contributed by atoms with Gasteiger partial charge in [-0.1, -0.05) is 24.3 Å². The quantitative estimate of drug-likeness (QED) is 0.761. The number of rotatable bonds is 5. The van der Waals surface area contributed by atoms with E-state index in [2.05, 4.69) is 10.3 Å². The highest BCUT2D eigenvalue weighted by molar-refractivity contribution is 7.90. The van der Waals surface area contributed by atoms with Crippen LogP contribution in [0.15, 0.2) is 72.1 Å². The average Bonchev–Trinajstić information content (AvgIpc) is 3.14. The van der Waals surface area contributed by atoms with Crippen molar-refractivity contribution >= 4 is 15.7 Å². The van der Waals surface area contributed by atoms with Crippen LogP contribution in [0.3, 0.4) is 0 Å². The first-order valence-electron chi connectivity index (χ1n) is 7.60. The van der Waals surface area contributed by atoms with Gasteiger partial charge in [-0.15, -0.1) is 0 Å². The molecule has 0 bridgehead atoms. The number of imidazole rings is 1. The molecule has 25 heavy (non-hydrogen) atoms. The lowest BCUT2D eigenvalue weighted by molar-refractivity contribution is 0.0950. The lowest BCUT2D eigenvalue weighted by atomic mass is 10.1. The Kier molecular flexibility index (Phi) is 4.67. The van der Waals surface area contributed by atoms with Crippen LogP contribution < -0.4 is 5.32 Å². The van der Waals surface area contributed by atoms with Crippen molar-refractivity contribution in [3.8, 4) is 5.69 Å². The van der Waals surface area contributed by atoms with Gasteiger partial charge in [-0.2, -0.15) is 0 Å². The van der Waals surface area contributed by atoms with Gasteiger partial charge in [0.25, 0.3) is 5.91 Å². The molecule has 0 radical (unpaired) electrons. The number of nitrogens with zero attached hydrogens (tertiary/aromatic N) is 2. The molecule has 3 aromatic rings. The summed E-state index contributed by atoms with van der Waals surface area (Å²) in [5, 5.41) is 2.83. The Morgan fingerprint density at radius 3 is 2.68 bits per heavy atom. The van der Waals surface area contributed by atoms with Crippen LogP contribution in [-0.2, 0) is 16.4 Å². The summed E-state index contributed by atoms with van der Waals surface area (Å²) in [4.78, 5) is 16.5. The number of hydrogen-bond donors (Lipinski definition) is 1. The molecule has 1 aromatic heterocycles. The van der Waals surface area contributed by atoms with Gasteiger partial charge in [-0.25, -0.2) is 13.4 Å². The average molecular weight is 355 g/mol. The number of hydrogen-bond acceptors (Lipinski definition) is 4. The molecule has 0 spiro atoms. The number of benzene rings is 2. The lowest BCUT2D eigenvalue weighted by Gasteiger charge is -2.11. The van der Waals surface area contributed by atoms with Gasteiger partial charge >= 0.3 is 0 Å². The molecule has 0 fully saturated rings. The Balaban J connectivity index is 1.78. The molecular weight excluding hydrogens is 338 g/mol. The number of sulfone groups is 1. The largest absolute Gasteiger partial charge is 0.348 e. The second-order valence-corrected chi connectivity index (χ2v) is 7.60. The van der Waals surface area contributed by atoms with Gasteiger partial charge in [0.15, 0.2) is 9.84 Å². The van der Waals surface area contributed by atoms with E-state index in [4.69, 9.17) is 0 Å². The first-order chi connectivity index (χ1) is 11.9. The van der Waals surface area contributed by atoms with E-state index in [9.17, 15) is 13.2 Å². The molecule has 0 aliphatic heterocycles. The molecule has 0 unspecified atom stereocenters. The van der Waals surface area contributed by atoms with Crippen molar-refractivity contribution < 1.29 is 13.2 Å². The molecule has 0 saturated carbocycles. The van der Waals surface area contributed by atoms with E-state index >= 15 is 0 Å². The molecule has 0 saturated heterocycles. The van der Waals surface area contributed by atoms with Crippen LogP contribution in [0.1, 0.15) is 15.9 Å². The zero-order chi connectivity index (χ0) is 17.9. The molecule has 0 atom stereocenters. The third-order valence-electron chi connectivity index (χ3n) is 3.74. The van der Waals surface area contributed by atoms with Crippen molar-refractivity contribution in [2.75, 3.05) is 6.26 Å². The zero-order valence-electron chi connectivity index (χ0n) is 13.6. The molecule has 2 aromatic carbocycles. The van der Waals surface area contributed by atoms with Crippen LogP contribution in [0.5, 0.6) is 0 Å². The molecule has 1 heterocycles. The summed E-state index contributed by atoms with van der Waals surface area (Å²) in [6.07, 6.45) is 6.32. The second kappa shape index (κ2) is 6.90. The summed E-state index contributed by atoms with van der Waals surface area (Å²) in [6, 6.07) is 13.7. The SMILES string of the molecule is CS(=O)(=O)c1cccc(C(=O)NCc2ccccc2-n2ccnc2)c1. The van der Waals surface area contributed by atoms with Crippen LogP contribution in [0, 0.1) is 0 Å². The summed E-state index contributed by atoms with van der Waals surface area (Å²) in [5.41, 5.74) is 2.15. The maximum absolute atomic E-state index is 12.4. The van der Waals surface area contributed by atoms with Crippen molar-refractivity contribution in [2.45, 2.75) is 11.4 Å². The van der Waals surface area contributed by atoms with Crippen molar-refractivity contribution in [3.63, 3.8) is 0 Å². The minimum atomic E-state index is -3.35. The Hall–Kier alpha value is -2.93. The van der Waals surface area contributed by atoms with Crippen LogP contribution in [0.4, 0.5) is 0 Å². The Morgan fingerprint density at radius 1 is 1.16 bits per heavy atom. The number of carbonyl (C=O) groups is 1. The van der Waals surface area contributed by atoms with Crippen molar-refractivity contribution in [1.82, 2.24) is 14.9 Å². The van der Waals surface area contributed by atoms with E-state index < -0.39 is 9.84 Å². The summed E-state index contributed by atoms with van der Waals surface area (Å²) in [5.74, 6) is -0.328. The predicted octanol–water partition coefficient (Wildman–Crippen LogP) is 2.21. The van der Waals surface area contributed by atoms with Crippen molar-refractivity contribution in [2.24, 2.45) is 0 Å². The minimum Gasteiger partial charge on any atom is -0.348 e. The molecule has 128 valence electrons. The highest BCUT2D eigenvalue weighted by atomic mass is 32.2. The highest BCUT2D eigenvalue weighted by Gasteiger charge is 2.12. The molecule has 0 aliphatic rings. The molecule has 6 nitrogen and oxygen atoms in total. The molecule has 1 N–H and O–H groups in total. The van der Waals surface area contributed by atoms with Crippen molar-refractivity contribution in [1.29, 1.82) is 0 Å². The Labute approximate surface area is 146 Å². The van der Waals surface area contributed by atoms with Crippen molar-refractivity contribution in [3.05, 3.63) is 78.4 Å². The van der Waals surface area contributed by atoms with Crippen LogP contribution in [0.2, 0.25) is 0 Å². The fourth-order valence-electron chi connectivity index (χ4n) is 2.46. The van der Waals surface area contributed by atoms with Gasteiger partial charge in [-0.05, 0) is 29.8 Å². The summed E-state index contributed by atoms with van der Waals surface area (Å²) < 4.78 is 25.1. The summed E-state index contributed by atoms with van der Waals surface area (Å²) in [7, 11) is -3.35. The van der Waals surface area contributed by atoms with Crippen LogP contribution in [-0.4, -0.2) is 30.1 Å². The summed E-state index contributed by atoms with van der Waals surface area (Å²) in [6.45, 7) is 0.316. The maximum atomic E-state index is 12.4.